The van der Waals surface area contributed by atoms with Gasteiger partial charge in [0.2, 0.25) is 0 Å². The lowest BCUT2D eigenvalue weighted by Gasteiger charge is -2.06. The first-order valence-electron chi connectivity index (χ1n) is 8.13. The topological polar surface area (TPSA) is 66.8 Å². The molecular weight excluding hydrogens is 328 g/mol. The Morgan fingerprint density at radius 2 is 1.62 bits per heavy atom. The second kappa shape index (κ2) is 8.03. The van der Waals surface area contributed by atoms with Gasteiger partial charge in [0.15, 0.2) is 0 Å². The van der Waals surface area contributed by atoms with Crippen LogP contribution in [0.15, 0.2) is 72.8 Å². The van der Waals surface area contributed by atoms with Crippen molar-refractivity contribution in [3.63, 3.8) is 0 Å². The zero-order valence-electron chi connectivity index (χ0n) is 14.0. The SMILES string of the molecule is O=C(O)c1c(O)cccc1C=Cc1ccc(OCc2ccccc2)cc1. The molecule has 3 rings (SSSR count). The summed E-state index contributed by atoms with van der Waals surface area (Å²) in [6.07, 6.45) is 3.46. The third kappa shape index (κ3) is 4.30. The molecule has 3 aromatic rings. The molecule has 130 valence electrons. The van der Waals surface area contributed by atoms with Crippen molar-refractivity contribution in [2.24, 2.45) is 0 Å². The third-order valence-corrected chi connectivity index (χ3v) is 3.87. The van der Waals surface area contributed by atoms with E-state index in [2.05, 4.69) is 0 Å². The van der Waals surface area contributed by atoms with Gasteiger partial charge < -0.3 is 14.9 Å². The third-order valence-electron chi connectivity index (χ3n) is 3.87. The number of hydrogen-bond acceptors (Lipinski definition) is 3. The van der Waals surface area contributed by atoms with Crippen LogP contribution in [0.4, 0.5) is 0 Å². The van der Waals surface area contributed by atoms with E-state index in [1.165, 1.54) is 6.07 Å². The van der Waals surface area contributed by atoms with Crippen LogP contribution in [-0.4, -0.2) is 16.2 Å². The molecule has 0 heterocycles. The molecule has 0 radical (unpaired) electrons. The number of carboxylic acid groups (broad SMARTS) is 1. The Kier molecular flexibility index (Phi) is 5.34. The molecule has 0 aliphatic rings. The molecule has 0 aromatic heterocycles. The maximum absolute atomic E-state index is 11.3. The summed E-state index contributed by atoms with van der Waals surface area (Å²) >= 11 is 0. The molecule has 0 amide bonds. The molecule has 0 unspecified atom stereocenters. The van der Waals surface area contributed by atoms with Gasteiger partial charge in [0, 0.05) is 0 Å². The van der Waals surface area contributed by atoms with E-state index in [9.17, 15) is 15.0 Å². The molecule has 3 aromatic carbocycles. The number of hydrogen-bond donors (Lipinski definition) is 2. The van der Waals surface area contributed by atoms with E-state index in [0.717, 1.165) is 16.9 Å². The molecule has 0 fully saturated rings. The van der Waals surface area contributed by atoms with Crippen LogP contribution >= 0.6 is 0 Å². The van der Waals surface area contributed by atoms with Crippen molar-refractivity contribution >= 4 is 18.1 Å². The minimum Gasteiger partial charge on any atom is -0.507 e. The van der Waals surface area contributed by atoms with Crippen LogP contribution in [0.1, 0.15) is 27.0 Å². The van der Waals surface area contributed by atoms with E-state index < -0.39 is 5.97 Å². The molecule has 4 nitrogen and oxygen atoms in total. The first-order valence-corrected chi connectivity index (χ1v) is 8.13. The van der Waals surface area contributed by atoms with Gasteiger partial charge >= 0.3 is 5.97 Å². The highest BCUT2D eigenvalue weighted by atomic mass is 16.5. The quantitative estimate of drug-likeness (QED) is 0.627. The van der Waals surface area contributed by atoms with Crippen molar-refractivity contribution in [3.05, 3.63) is 95.1 Å². The molecule has 0 atom stereocenters. The van der Waals surface area contributed by atoms with E-state index in [-0.39, 0.29) is 11.3 Å². The maximum Gasteiger partial charge on any atom is 0.340 e. The van der Waals surface area contributed by atoms with Gasteiger partial charge in [-0.05, 0) is 34.9 Å². The molecule has 0 saturated carbocycles. The van der Waals surface area contributed by atoms with Gasteiger partial charge in [0.05, 0.1) is 0 Å². The lowest BCUT2D eigenvalue weighted by atomic mass is 10.0. The van der Waals surface area contributed by atoms with Crippen LogP contribution in [0.25, 0.3) is 12.2 Å². The Hall–Kier alpha value is -3.53. The van der Waals surface area contributed by atoms with Crippen LogP contribution in [-0.2, 0) is 6.61 Å². The van der Waals surface area contributed by atoms with Crippen LogP contribution in [0.2, 0.25) is 0 Å². The van der Waals surface area contributed by atoms with Gasteiger partial charge in [-0.1, -0.05) is 66.7 Å². The van der Waals surface area contributed by atoms with E-state index in [1.54, 1.807) is 24.3 Å². The normalized spacial score (nSPS) is 10.8. The van der Waals surface area contributed by atoms with Crippen molar-refractivity contribution in [1.29, 1.82) is 0 Å². The average molecular weight is 346 g/mol. The van der Waals surface area contributed by atoms with E-state index >= 15 is 0 Å². The summed E-state index contributed by atoms with van der Waals surface area (Å²) in [6, 6.07) is 22.1. The highest BCUT2D eigenvalue weighted by Crippen LogP contribution is 2.23. The lowest BCUT2D eigenvalue weighted by molar-refractivity contribution is 0.0693. The minimum atomic E-state index is -1.16. The monoisotopic (exact) mass is 346 g/mol. The number of aromatic carboxylic acids is 1. The Morgan fingerprint density at radius 1 is 0.885 bits per heavy atom. The minimum absolute atomic E-state index is 0.105. The Balaban J connectivity index is 1.69. The summed E-state index contributed by atoms with van der Waals surface area (Å²) in [4.78, 5) is 11.3. The fourth-order valence-electron chi connectivity index (χ4n) is 2.53. The number of aromatic hydroxyl groups is 1. The number of rotatable bonds is 6. The second-order valence-corrected chi connectivity index (χ2v) is 5.72. The summed E-state index contributed by atoms with van der Waals surface area (Å²) in [5.74, 6) is -0.647. The fraction of sp³-hybridized carbons (Fsp3) is 0.0455. The lowest BCUT2D eigenvalue weighted by Crippen LogP contribution is -1.99. The van der Waals surface area contributed by atoms with E-state index in [1.807, 2.05) is 54.6 Å². The van der Waals surface area contributed by atoms with Crippen LogP contribution in [0, 0.1) is 0 Å². The molecule has 0 aliphatic heterocycles. The van der Waals surface area contributed by atoms with Gasteiger partial charge in [-0.25, -0.2) is 4.79 Å². The summed E-state index contributed by atoms with van der Waals surface area (Å²) in [7, 11) is 0. The highest BCUT2D eigenvalue weighted by molar-refractivity contribution is 5.96. The highest BCUT2D eigenvalue weighted by Gasteiger charge is 2.12. The Bertz CT molecular complexity index is 913. The van der Waals surface area contributed by atoms with Crippen molar-refractivity contribution in [1.82, 2.24) is 0 Å². The number of phenols is 1. The van der Waals surface area contributed by atoms with Crippen LogP contribution in [0.3, 0.4) is 0 Å². The fourth-order valence-corrected chi connectivity index (χ4v) is 2.53. The molecule has 0 saturated heterocycles. The second-order valence-electron chi connectivity index (χ2n) is 5.72. The van der Waals surface area contributed by atoms with Crippen molar-refractivity contribution in [2.45, 2.75) is 6.61 Å². The van der Waals surface area contributed by atoms with Crippen LogP contribution < -0.4 is 4.74 Å². The van der Waals surface area contributed by atoms with E-state index in [4.69, 9.17) is 4.74 Å². The predicted molar refractivity (Wildman–Crippen MR) is 101 cm³/mol. The van der Waals surface area contributed by atoms with Crippen molar-refractivity contribution in [3.8, 4) is 11.5 Å². The first-order chi connectivity index (χ1) is 12.6. The number of carboxylic acids is 1. The van der Waals surface area contributed by atoms with Crippen molar-refractivity contribution < 1.29 is 19.7 Å². The van der Waals surface area contributed by atoms with Crippen LogP contribution in [0.5, 0.6) is 11.5 Å². The molecule has 0 bridgehead atoms. The number of carbonyl (C=O) groups is 1. The Morgan fingerprint density at radius 3 is 2.31 bits per heavy atom. The molecule has 4 heteroatoms. The molecular formula is C22H18O4. The average Bonchev–Trinajstić information content (AvgIpc) is 2.66. The molecule has 2 N–H and O–H groups in total. The standard InChI is InChI=1S/C22H18O4/c23-20-8-4-7-18(21(20)22(24)25)12-9-16-10-13-19(14-11-16)26-15-17-5-2-1-3-6-17/h1-14,23H,15H2,(H,24,25). The molecule has 26 heavy (non-hydrogen) atoms. The van der Waals surface area contributed by atoms with Gasteiger partial charge in [-0.15, -0.1) is 0 Å². The van der Waals surface area contributed by atoms with Gasteiger partial charge in [0.1, 0.15) is 23.7 Å². The molecule has 0 spiro atoms. The first kappa shape index (κ1) is 17.3. The maximum atomic E-state index is 11.3. The summed E-state index contributed by atoms with van der Waals surface area (Å²) in [5, 5.41) is 18.9. The Labute approximate surface area is 151 Å². The van der Waals surface area contributed by atoms with E-state index in [0.29, 0.717) is 12.2 Å². The predicted octanol–water partition coefficient (Wildman–Crippen LogP) is 4.84. The summed E-state index contributed by atoms with van der Waals surface area (Å²) in [6.45, 7) is 0.501. The van der Waals surface area contributed by atoms with Gasteiger partial charge in [-0.2, -0.15) is 0 Å². The summed E-state index contributed by atoms with van der Waals surface area (Å²) < 4.78 is 5.74. The zero-order chi connectivity index (χ0) is 18.4. The summed E-state index contributed by atoms with van der Waals surface area (Å²) in [5.41, 5.74) is 2.34. The van der Waals surface area contributed by atoms with Gasteiger partial charge in [-0.3, -0.25) is 0 Å². The zero-order valence-corrected chi connectivity index (χ0v) is 14.0. The van der Waals surface area contributed by atoms with Crippen molar-refractivity contribution in [2.75, 3.05) is 0 Å². The number of benzene rings is 3. The smallest absolute Gasteiger partial charge is 0.340 e. The largest absolute Gasteiger partial charge is 0.507 e. The van der Waals surface area contributed by atoms with Gasteiger partial charge in [0.25, 0.3) is 0 Å². The number of ether oxygens (including phenoxy) is 1. The molecule has 0 aliphatic carbocycles.